The maximum atomic E-state index is 12.4. The molecule has 2 saturated carbocycles. The number of hydrogen-bond donors (Lipinski definition) is 2. The lowest BCUT2D eigenvalue weighted by molar-refractivity contribution is -0.117. The van der Waals surface area contributed by atoms with Crippen molar-refractivity contribution in [3.05, 3.63) is 12.3 Å². The zero-order chi connectivity index (χ0) is 16.1. The van der Waals surface area contributed by atoms with E-state index in [1.54, 1.807) is 6.20 Å². The molecule has 3 rings (SSSR count). The van der Waals surface area contributed by atoms with E-state index in [4.69, 9.17) is 5.11 Å². The number of nitrogens with zero attached hydrogens (tertiary/aromatic N) is 3. The van der Waals surface area contributed by atoms with Gasteiger partial charge in [0.1, 0.15) is 5.82 Å². The van der Waals surface area contributed by atoms with Crippen LogP contribution in [0.2, 0.25) is 0 Å². The van der Waals surface area contributed by atoms with Gasteiger partial charge in [-0.15, -0.1) is 0 Å². The summed E-state index contributed by atoms with van der Waals surface area (Å²) in [7, 11) is 0. The molecule has 1 heterocycles. The smallest absolute Gasteiger partial charge is 0.239 e. The Morgan fingerprint density at radius 1 is 1.30 bits per heavy atom. The van der Waals surface area contributed by atoms with Crippen LogP contribution in [-0.2, 0) is 4.79 Å². The molecule has 0 aliphatic heterocycles. The van der Waals surface area contributed by atoms with E-state index in [2.05, 4.69) is 15.3 Å². The van der Waals surface area contributed by atoms with Crippen LogP contribution in [0.5, 0.6) is 0 Å². The van der Waals surface area contributed by atoms with Gasteiger partial charge >= 0.3 is 0 Å². The fourth-order valence-corrected chi connectivity index (χ4v) is 3.48. The van der Waals surface area contributed by atoms with Crippen molar-refractivity contribution >= 4 is 11.7 Å². The van der Waals surface area contributed by atoms with E-state index in [9.17, 15) is 4.79 Å². The topological polar surface area (TPSA) is 70.4 Å². The summed E-state index contributed by atoms with van der Waals surface area (Å²) in [5, 5.41) is 16.4. The number of nitrogens with one attached hydrogen (secondary N) is 1. The van der Waals surface area contributed by atoms with E-state index in [0.717, 1.165) is 38.0 Å². The van der Waals surface area contributed by atoms with Crippen molar-refractivity contribution in [3.8, 4) is 0 Å². The third-order valence-corrected chi connectivity index (χ3v) is 4.87. The van der Waals surface area contributed by atoms with Gasteiger partial charge in [0.2, 0.25) is 5.91 Å². The zero-order valence-corrected chi connectivity index (χ0v) is 13.8. The quantitative estimate of drug-likeness (QED) is 0.684. The van der Waals surface area contributed by atoms with Gasteiger partial charge in [-0.2, -0.15) is 5.10 Å². The fraction of sp³-hybridized carbons (Fsp3) is 0.765. The predicted molar refractivity (Wildman–Crippen MR) is 89.3 cm³/mol. The first-order valence-corrected chi connectivity index (χ1v) is 8.96. The first kappa shape index (κ1) is 16.5. The standard InChI is InChI=1S/C17H28N4O2/c22-12-4-3-11-20(14-7-8-14)13-17(23)19-16-9-10-18-21(16)15-5-1-2-6-15/h9-10,14-15,22H,1-8,11-13H2,(H,19,23). The third kappa shape index (κ3) is 4.54. The van der Waals surface area contributed by atoms with E-state index in [1.807, 2.05) is 10.7 Å². The maximum absolute atomic E-state index is 12.4. The Labute approximate surface area is 137 Å². The number of aromatic nitrogens is 2. The Kier molecular flexibility index (Phi) is 5.67. The van der Waals surface area contributed by atoms with Crippen LogP contribution in [0.25, 0.3) is 0 Å². The minimum absolute atomic E-state index is 0.0423. The molecule has 1 amide bonds. The first-order chi connectivity index (χ1) is 11.3. The fourth-order valence-electron chi connectivity index (χ4n) is 3.48. The van der Waals surface area contributed by atoms with Crippen LogP contribution in [0.15, 0.2) is 12.3 Å². The minimum Gasteiger partial charge on any atom is -0.396 e. The molecule has 6 nitrogen and oxygen atoms in total. The van der Waals surface area contributed by atoms with Gasteiger partial charge in [-0.1, -0.05) is 12.8 Å². The minimum atomic E-state index is 0.0423. The highest BCUT2D eigenvalue weighted by Gasteiger charge is 2.30. The molecule has 128 valence electrons. The summed E-state index contributed by atoms with van der Waals surface area (Å²) in [6.07, 6.45) is 10.7. The lowest BCUT2D eigenvalue weighted by atomic mass is 10.2. The van der Waals surface area contributed by atoms with Gasteiger partial charge in [-0.3, -0.25) is 9.69 Å². The number of anilines is 1. The zero-order valence-electron chi connectivity index (χ0n) is 13.8. The second-order valence-corrected chi connectivity index (χ2v) is 6.78. The van der Waals surface area contributed by atoms with E-state index >= 15 is 0 Å². The average molecular weight is 320 g/mol. The van der Waals surface area contributed by atoms with Gasteiger partial charge in [0.15, 0.2) is 0 Å². The van der Waals surface area contributed by atoms with Gasteiger partial charge in [0.25, 0.3) is 0 Å². The molecule has 0 saturated heterocycles. The molecule has 2 aliphatic carbocycles. The number of unbranched alkanes of at least 4 members (excludes halogenated alkanes) is 1. The molecule has 0 atom stereocenters. The third-order valence-electron chi connectivity index (χ3n) is 4.87. The van der Waals surface area contributed by atoms with Gasteiger partial charge in [0, 0.05) is 18.7 Å². The Morgan fingerprint density at radius 2 is 2.09 bits per heavy atom. The summed E-state index contributed by atoms with van der Waals surface area (Å²) in [6, 6.07) is 2.88. The Bertz CT molecular complexity index is 506. The molecular formula is C17H28N4O2. The number of amides is 1. The normalized spacial score (nSPS) is 18.7. The highest BCUT2D eigenvalue weighted by molar-refractivity contribution is 5.91. The van der Waals surface area contributed by atoms with E-state index in [-0.39, 0.29) is 12.5 Å². The summed E-state index contributed by atoms with van der Waals surface area (Å²) in [4.78, 5) is 14.7. The second-order valence-electron chi connectivity index (χ2n) is 6.78. The molecule has 0 bridgehead atoms. The predicted octanol–water partition coefficient (Wildman–Crippen LogP) is 2.17. The van der Waals surface area contributed by atoms with Crippen LogP contribution in [0.1, 0.15) is 57.4 Å². The molecule has 0 aromatic carbocycles. The molecule has 1 aromatic rings. The Hall–Kier alpha value is -1.40. The Morgan fingerprint density at radius 3 is 2.78 bits per heavy atom. The van der Waals surface area contributed by atoms with Crippen molar-refractivity contribution < 1.29 is 9.90 Å². The van der Waals surface area contributed by atoms with Crippen molar-refractivity contribution in [1.82, 2.24) is 14.7 Å². The van der Waals surface area contributed by atoms with Crippen molar-refractivity contribution in [2.45, 2.75) is 63.5 Å². The molecule has 2 aliphatic rings. The lowest BCUT2D eigenvalue weighted by Crippen LogP contribution is -2.36. The number of carbonyl (C=O) groups excluding carboxylic acids is 1. The average Bonchev–Trinajstić information content (AvgIpc) is 3.05. The second kappa shape index (κ2) is 7.93. The Balaban J connectivity index is 1.53. The molecule has 6 heteroatoms. The monoisotopic (exact) mass is 320 g/mol. The molecule has 1 aromatic heterocycles. The van der Waals surface area contributed by atoms with Crippen LogP contribution in [0.3, 0.4) is 0 Å². The van der Waals surface area contributed by atoms with Gasteiger partial charge < -0.3 is 10.4 Å². The van der Waals surface area contributed by atoms with E-state index in [1.165, 1.54) is 25.7 Å². The molecule has 0 radical (unpaired) electrons. The SMILES string of the molecule is O=C(CN(CCCCO)C1CC1)Nc1ccnn1C1CCCC1. The molecule has 0 spiro atoms. The van der Waals surface area contributed by atoms with Crippen LogP contribution in [0, 0.1) is 0 Å². The molecular weight excluding hydrogens is 292 g/mol. The number of hydrogen-bond acceptors (Lipinski definition) is 4. The molecule has 0 unspecified atom stereocenters. The largest absolute Gasteiger partial charge is 0.396 e. The van der Waals surface area contributed by atoms with Crippen molar-refractivity contribution in [2.75, 3.05) is 25.0 Å². The summed E-state index contributed by atoms with van der Waals surface area (Å²) < 4.78 is 1.98. The molecule has 2 fully saturated rings. The highest BCUT2D eigenvalue weighted by atomic mass is 16.3. The van der Waals surface area contributed by atoms with Gasteiger partial charge in [0.05, 0.1) is 18.8 Å². The molecule has 23 heavy (non-hydrogen) atoms. The highest BCUT2D eigenvalue weighted by Crippen LogP contribution is 2.31. The number of aliphatic hydroxyl groups is 1. The van der Waals surface area contributed by atoms with Crippen LogP contribution in [0.4, 0.5) is 5.82 Å². The summed E-state index contributed by atoms with van der Waals surface area (Å²) in [5.41, 5.74) is 0. The number of aliphatic hydroxyl groups excluding tert-OH is 1. The van der Waals surface area contributed by atoms with E-state index in [0.29, 0.717) is 18.6 Å². The van der Waals surface area contributed by atoms with Crippen LogP contribution >= 0.6 is 0 Å². The van der Waals surface area contributed by atoms with Gasteiger partial charge in [-0.05, 0) is 45.1 Å². The van der Waals surface area contributed by atoms with Gasteiger partial charge in [-0.25, -0.2) is 4.68 Å². The van der Waals surface area contributed by atoms with Crippen molar-refractivity contribution in [1.29, 1.82) is 0 Å². The molecule has 2 N–H and O–H groups in total. The van der Waals surface area contributed by atoms with E-state index < -0.39 is 0 Å². The maximum Gasteiger partial charge on any atom is 0.239 e. The first-order valence-electron chi connectivity index (χ1n) is 8.96. The lowest BCUT2D eigenvalue weighted by Gasteiger charge is -2.21. The number of carbonyl (C=O) groups is 1. The summed E-state index contributed by atoms with van der Waals surface area (Å²) >= 11 is 0. The summed E-state index contributed by atoms with van der Waals surface area (Å²) in [5.74, 6) is 0.869. The van der Waals surface area contributed by atoms with Crippen molar-refractivity contribution in [2.24, 2.45) is 0 Å². The van der Waals surface area contributed by atoms with Crippen molar-refractivity contribution in [3.63, 3.8) is 0 Å². The van der Waals surface area contributed by atoms with Crippen LogP contribution in [-0.4, -0.2) is 51.4 Å². The number of rotatable bonds is 9. The van der Waals surface area contributed by atoms with Crippen LogP contribution < -0.4 is 5.32 Å². The summed E-state index contributed by atoms with van der Waals surface area (Å²) in [6.45, 7) is 1.55.